The highest BCUT2D eigenvalue weighted by Crippen LogP contribution is 2.34. The first-order valence-corrected chi connectivity index (χ1v) is 6.65. The number of hydrogen-bond donors (Lipinski definition) is 2. The van der Waals surface area contributed by atoms with Crippen LogP contribution in [0.1, 0.15) is 11.3 Å². The van der Waals surface area contributed by atoms with Crippen LogP contribution in [0.25, 0.3) is 32.6 Å². The summed E-state index contributed by atoms with van der Waals surface area (Å²) in [5.74, 6) is 0.279. The van der Waals surface area contributed by atoms with Crippen LogP contribution in [-0.2, 0) is 0 Å². The molecule has 0 saturated heterocycles. The summed E-state index contributed by atoms with van der Waals surface area (Å²) in [6.45, 7) is 4.18. The average molecular weight is 262 g/mol. The number of benzene rings is 2. The van der Waals surface area contributed by atoms with E-state index in [0.717, 1.165) is 27.5 Å². The summed E-state index contributed by atoms with van der Waals surface area (Å²) in [6.07, 6.45) is 1.96. The molecule has 2 aromatic heterocycles. The number of phenolic OH excluding ortho intramolecular Hbond substituents is 1. The first kappa shape index (κ1) is 11.3. The number of hydrogen-bond acceptors (Lipinski definition) is 2. The Kier molecular flexibility index (Phi) is 2.11. The van der Waals surface area contributed by atoms with E-state index in [1.54, 1.807) is 12.1 Å². The Hall–Kier alpha value is -2.55. The van der Waals surface area contributed by atoms with Crippen molar-refractivity contribution in [3.8, 4) is 5.75 Å². The lowest BCUT2D eigenvalue weighted by molar-refractivity contribution is 0.476. The molecule has 0 bridgehead atoms. The first-order valence-electron chi connectivity index (χ1n) is 6.65. The highest BCUT2D eigenvalue weighted by Gasteiger charge is 2.12. The molecule has 0 radical (unpaired) electrons. The van der Waals surface area contributed by atoms with E-state index < -0.39 is 0 Å². The zero-order valence-corrected chi connectivity index (χ0v) is 11.4. The van der Waals surface area contributed by atoms with Crippen molar-refractivity contribution in [1.29, 1.82) is 0 Å². The number of phenols is 1. The predicted octanol–water partition coefficient (Wildman–Crippen LogP) is 4.19. The Morgan fingerprint density at radius 3 is 2.65 bits per heavy atom. The van der Waals surface area contributed by atoms with Crippen LogP contribution in [0.2, 0.25) is 0 Å². The third-order valence-electron chi connectivity index (χ3n) is 4.05. The lowest BCUT2D eigenvalue weighted by Crippen LogP contribution is -1.87. The molecule has 0 saturated carbocycles. The highest BCUT2D eigenvalue weighted by atomic mass is 16.3. The normalized spacial score (nSPS) is 11.7. The van der Waals surface area contributed by atoms with E-state index in [1.165, 1.54) is 16.3 Å². The number of nitrogens with one attached hydrogen (secondary N) is 1. The average Bonchev–Trinajstić information content (AvgIpc) is 2.79. The van der Waals surface area contributed by atoms with Gasteiger partial charge in [-0.05, 0) is 55.1 Å². The fraction of sp³-hybridized carbons (Fsp3) is 0.118. The van der Waals surface area contributed by atoms with Crippen LogP contribution >= 0.6 is 0 Å². The van der Waals surface area contributed by atoms with Crippen LogP contribution in [0.15, 0.2) is 36.5 Å². The van der Waals surface area contributed by atoms with E-state index in [0.29, 0.717) is 0 Å². The predicted molar refractivity (Wildman–Crippen MR) is 82.2 cm³/mol. The molecular formula is C17H14N2O. The van der Waals surface area contributed by atoms with E-state index in [1.807, 2.05) is 12.3 Å². The second kappa shape index (κ2) is 3.73. The molecule has 0 aliphatic heterocycles. The second-order valence-electron chi connectivity index (χ2n) is 5.27. The summed E-state index contributed by atoms with van der Waals surface area (Å²) >= 11 is 0. The lowest BCUT2D eigenvalue weighted by atomic mass is 10.0. The molecule has 0 unspecified atom stereocenters. The van der Waals surface area contributed by atoms with Crippen molar-refractivity contribution in [2.75, 3.05) is 0 Å². The van der Waals surface area contributed by atoms with Crippen LogP contribution in [0.5, 0.6) is 5.75 Å². The molecule has 4 aromatic rings. The summed E-state index contributed by atoms with van der Waals surface area (Å²) in [4.78, 5) is 7.96. The van der Waals surface area contributed by atoms with Crippen LogP contribution in [-0.4, -0.2) is 15.1 Å². The van der Waals surface area contributed by atoms with Crippen LogP contribution < -0.4 is 0 Å². The molecule has 3 heteroatoms. The smallest absolute Gasteiger partial charge is 0.116 e. The Labute approximate surface area is 115 Å². The van der Waals surface area contributed by atoms with Crippen LogP contribution in [0, 0.1) is 13.8 Å². The molecule has 0 amide bonds. The maximum atomic E-state index is 9.71. The Morgan fingerprint density at radius 2 is 1.80 bits per heavy atom. The van der Waals surface area contributed by atoms with E-state index in [2.05, 4.69) is 31.0 Å². The van der Waals surface area contributed by atoms with Gasteiger partial charge in [-0.25, -0.2) is 4.98 Å². The van der Waals surface area contributed by atoms with E-state index in [-0.39, 0.29) is 5.75 Å². The van der Waals surface area contributed by atoms with Crippen molar-refractivity contribution >= 4 is 32.6 Å². The Bertz CT molecular complexity index is 983. The number of pyridine rings is 1. The molecule has 0 aliphatic carbocycles. The first-order chi connectivity index (χ1) is 9.65. The van der Waals surface area contributed by atoms with Gasteiger partial charge < -0.3 is 10.1 Å². The highest BCUT2D eigenvalue weighted by molar-refractivity contribution is 6.14. The summed E-state index contributed by atoms with van der Waals surface area (Å²) in [7, 11) is 0. The maximum Gasteiger partial charge on any atom is 0.116 e. The SMILES string of the molecule is Cc1[nH]ccc2c(C)c3nc4ccc(O)cc4c3cc12. The van der Waals surface area contributed by atoms with Gasteiger partial charge in [0.2, 0.25) is 0 Å². The molecular weight excluding hydrogens is 248 g/mol. The van der Waals surface area contributed by atoms with Gasteiger partial charge in [0.25, 0.3) is 0 Å². The summed E-state index contributed by atoms with van der Waals surface area (Å²) in [6, 6.07) is 9.60. The van der Waals surface area contributed by atoms with Gasteiger partial charge in [-0.1, -0.05) is 0 Å². The van der Waals surface area contributed by atoms with Gasteiger partial charge in [0, 0.05) is 28.0 Å². The van der Waals surface area contributed by atoms with Crippen molar-refractivity contribution in [3.05, 3.63) is 47.8 Å². The van der Waals surface area contributed by atoms with Crippen molar-refractivity contribution in [2.24, 2.45) is 0 Å². The molecule has 98 valence electrons. The molecule has 4 rings (SSSR count). The van der Waals surface area contributed by atoms with Gasteiger partial charge in [0.1, 0.15) is 5.75 Å². The number of fused-ring (bicyclic) bond motifs is 4. The molecule has 0 spiro atoms. The Balaban J connectivity index is 2.31. The molecule has 20 heavy (non-hydrogen) atoms. The summed E-state index contributed by atoms with van der Waals surface area (Å²) in [5.41, 5.74) is 4.27. The fourth-order valence-corrected chi connectivity index (χ4v) is 2.98. The number of nitrogens with zero attached hydrogens (tertiary/aromatic N) is 1. The van der Waals surface area contributed by atoms with Crippen LogP contribution in [0.3, 0.4) is 0 Å². The third kappa shape index (κ3) is 1.37. The van der Waals surface area contributed by atoms with Crippen molar-refractivity contribution in [1.82, 2.24) is 9.97 Å². The van der Waals surface area contributed by atoms with Crippen molar-refractivity contribution < 1.29 is 5.11 Å². The number of rotatable bonds is 0. The maximum absolute atomic E-state index is 9.71. The van der Waals surface area contributed by atoms with Gasteiger partial charge >= 0.3 is 0 Å². The summed E-state index contributed by atoms with van der Waals surface area (Å²) in [5, 5.41) is 14.2. The zero-order valence-electron chi connectivity index (χ0n) is 11.4. The van der Waals surface area contributed by atoms with E-state index in [9.17, 15) is 5.11 Å². The number of aryl methyl sites for hydroxylation is 2. The van der Waals surface area contributed by atoms with Crippen molar-refractivity contribution in [2.45, 2.75) is 13.8 Å². The monoisotopic (exact) mass is 262 g/mol. The summed E-state index contributed by atoms with van der Waals surface area (Å²) < 4.78 is 0. The quantitative estimate of drug-likeness (QED) is 0.499. The molecule has 0 atom stereocenters. The van der Waals surface area contributed by atoms with Gasteiger partial charge in [-0.15, -0.1) is 0 Å². The zero-order chi connectivity index (χ0) is 13.9. The Morgan fingerprint density at radius 1 is 0.950 bits per heavy atom. The standard InChI is InChI=1S/C17H14N2O/c1-9-12-5-6-18-10(2)13(12)8-15-14-7-11(20)3-4-16(14)19-17(9)15/h3-8,18,20H,1-2H3. The largest absolute Gasteiger partial charge is 0.508 e. The minimum absolute atomic E-state index is 0.279. The molecule has 3 nitrogen and oxygen atoms in total. The van der Waals surface area contributed by atoms with E-state index >= 15 is 0 Å². The topological polar surface area (TPSA) is 48.9 Å². The molecule has 2 aromatic carbocycles. The number of aromatic amines is 1. The van der Waals surface area contributed by atoms with Gasteiger partial charge in [0.05, 0.1) is 11.0 Å². The molecule has 2 heterocycles. The second-order valence-corrected chi connectivity index (χ2v) is 5.27. The minimum Gasteiger partial charge on any atom is -0.508 e. The van der Waals surface area contributed by atoms with Gasteiger partial charge in [-0.2, -0.15) is 0 Å². The van der Waals surface area contributed by atoms with E-state index in [4.69, 9.17) is 4.98 Å². The molecule has 0 fully saturated rings. The minimum atomic E-state index is 0.279. The molecule has 0 aliphatic rings. The van der Waals surface area contributed by atoms with Gasteiger partial charge in [0.15, 0.2) is 0 Å². The fourth-order valence-electron chi connectivity index (χ4n) is 2.98. The molecule has 2 N–H and O–H groups in total. The lowest BCUT2D eigenvalue weighted by Gasteiger charge is -2.06. The number of H-pyrrole nitrogens is 1. The third-order valence-corrected chi connectivity index (χ3v) is 4.05. The van der Waals surface area contributed by atoms with Crippen molar-refractivity contribution in [3.63, 3.8) is 0 Å². The number of aromatic hydroxyl groups is 1. The van der Waals surface area contributed by atoms with Gasteiger partial charge in [-0.3, -0.25) is 0 Å². The van der Waals surface area contributed by atoms with Crippen LogP contribution in [0.4, 0.5) is 0 Å². The number of aromatic nitrogens is 2.